The molecular weight excluding hydrogens is 883 g/mol. The van der Waals surface area contributed by atoms with E-state index >= 15 is 0 Å². The van der Waals surface area contributed by atoms with Gasteiger partial charge in [-0.3, -0.25) is 33.7 Å². The Balaban J connectivity index is 2.21. The van der Waals surface area contributed by atoms with Crippen LogP contribution < -0.4 is 21.3 Å². The molecule has 0 bridgehead atoms. The van der Waals surface area contributed by atoms with Crippen LogP contribution in [0.25, 0.3) is 0 Å². The van der Waals surface area contributed by atoms with Crippen molar-refractivity contribution in [2.24, 2.45) is 29.1 Å². The molecule has 6 amide bonds. The Hall–Kier alpha value is -4.61. The van der Waals surface area contributed by atoms with Crippen LogP contribution in [0.15, 0.2) is 30.3 Å². The number of carbonyl (C=O) groups is 7. The Morgan fingerprint density at radius 1 is 0.826 bits per heavy atom. The second-order valence-electron chi connectivity index (χ2n) is 21.1. The van der Waals surface area contributed by atoms with E-state index in [1.807, 2.05) is 112 Å². The molecule has 1 aliphatic heterocycles. The number of likely N-dealkylation sites (tertiary alicyclic amines) is 1. The van der Waals surface area contributed by atoms with Crippen LogP contribution in [0.1, 0.15) is 120 Å². The number of ether oxygens (including phenoxy) is 3. The van der Waals surface area contributed by atoms with Crippen LogP contribution in [-0.2, 0) is 54.2 Å². The van der Waals surface area contributed by atoms with Crippen molar-refractivity contribution in [2.45, 2.75) is 170 Å². The Morgan fingerprint density at radius 2 is 1.46 bits per heavy atom. The van der Waals surface area contributed by atoms with E-state index in [0.717, 1.165) is 5.56 Å². The fourth-order valence-corrected chi connectivity index (χ4v) is 9.31. The van der Waals surface area contributed by atoms with Crippen LogP contribution in [0.2, 0.25) is 0 Å². The number of hydrogen-bond acceptors (Lipinski definition) is 11. The molecule has 2 unspecified atom stereocenters. The van der Waals surface area contributed by atoms with Gasteiger partial charge < -0.3 is 45.3 Å². The minimum absolute atomic E-state index is 0.0180. The van der Waals surface area contributed by atoms with Gasteiger partial charge in [0, 0.05) is 47.2 Å². The highest BCUT2D eigenvalue weighted by molar-refractivity contribution is 5.91. The number of carbonyl (C=O) groups excluding carboxylic acids is 7. The molecule has 0 radical (unpaired) electrons. The average Bonchev–Trinajstić information content (AvgIpc) is 3.76. The summed E-state index contributed by atoms with van der Waals surface area (Å²) in [5.74, 6) is -3.37. The molecule has 1 aromatic carbocycles. The molecule has 1 aliphatic rings. The van der Waals surface area contributed by atoms with Crippen molar-refractivity contribution in [2.75, 3.05) is 55.1 Å². The van der Waals surface area contributed by atoms with Crippen molar-refractivity contribution in [3.05, 3.63) is 35.9 Å². The van der Waals surface area contributed by atoms with Gasteiger partial charge in [-0.1, -0.05) is 106 Å². The second-order valence-corrected chi connectivity index (χ2v) is 21.1. The van der Waals surface area contributed by atoms with E-state index < -0.39 is 72.2 Å². The van der Waals surface area contributed by atoms with E-state index in [9.17, 15) is 33.6 Å². The summed E-state index contributed by atoms with van der Waals surface area (Å²) in [5, 5.41) is 11.5. The number of methoxy groups -OCH3 is 2. The molecule has 392 valence electrons. The van der Waals surface area contributed by atoms with E-state index in [2.05, 4.69) is 21.3 Å². The Kier molecular flexibility index (Phi) is 25.4. The molecule has 0 aliphatic carbocycles. The molecule has 1 saturated heterocycles. The van der Waals surface area contributed by atoms with Gasteiger partial charge in [0.15, 0.2) is 0 Å². The van der Waals surface area contributed by atoms with E-state index in [1.54, 1.807) is 37.8 Å². The molecule has 17 nitrogen and oxygen atoms in total. The molecule has 1 aromatic rings. The van der Waals surface area contributed by atoms with Crippen LogP contribution in [0.4, 0.5) is 0 Å². The van der Waals surface area contributed by atoms with Crippen LogP contribution in [0, 0.1) is 29.1 Å². The van der Waals surface area contributed by atoms with Gasteiger partial charge in [0.2, 0.25) is 35.4 Å². The summed E-state index contributed by atoms with van der Waals surface area (Å²) in [6, 6.07) is 5.37. The molecule has 17 heteroatoms. The summed E-state index contributed by atoms with van der Waals surface area (Å²) in [5.41, 5.74) is 0.606. The summed E-state index contributed by atoms with van der Waals surface area (Å²) in [6.07, 6.45) is 1.34. The number of benzene rings is 1. The van der Waals surface area contributed by atoms with Gasteiger partial charge in [-0.25, -0.2) is 4.79 Å². The van der Waals surface area contributed by atoms with Crippen molar-refractivity contribution in [1.29, 1.82) is 0 Å². The number of nitrogens with one attached hydrogen (secondary N) is 4. The highest BCUT2D eigenvalue weighted by Crippen LogP contribution is 2.30. The smallest absolute Gasteiger partial charge is 0.328 e. The van der Waals surface area contributed by atoms with Crippen LogP contribution >= 0.6 is 0 Å². The lowest BCUT2D eigenvalue weighted by atomic mass is 9.89. The SMILES string of the molecule is CC[C@H](C)C([C@@H](CC(=O)N1CCC[C@H]1[C@H](OC)[C@@H](C)C(=O)N[C@@H](Cc1ccccc1)C(=O)NCCCOC(=O)[C@H](C)NC(=O)CC(C)(C)C)OC)N(C)C(=O)[C@@H](NC(=O)C(C(C)C)N(C)C)C(C)C. The van der Waals surface area contributed by atoms with Gasteiger partial charge >= 0.3 is 5.97 Å². The first-order valence-electron chi connectivity index (χ1n) is 25.0. The highest BCUT2D eigenvalue weighted by atomic mass is 16.5. The normalized spacial score (nSPS) is 18.0. The third-order valence-corrected chi connectivity index (χ3v) is 13.1. The average molecular weight is 972 g/mol. The maximum absolute atomic E-state index is 14.4. The first-order valence-corrected chi connectivity index (χ1v) is 25.0. The van der Waals surface area contributed by atoms with Crippen molar-refractivity contribution >= 4 is 41.4 Å². The number of hydrogen-bond donors (Lipinski definition) is 4. The highest BCUT2D eigenvalue weighted by Gasteiger charge is 2.43. The number of rotatable bonds is 28. The van der Waals surface area contributed by atoms with E-state index in [1.165, 1.54) is 7.11 Å². The zero-order valence-corrected chi connectivity index (χ0v) is 44.8. The summed E-state index contributed by atoms with van der Waals surface area (Å²) < 4.78 is 17.4. The first-order chi connectivity index (χ1) is 32.3. The van der Waals surface area contributed by atoms with Crippen molar-refractivity contribution < 1.29 is 47.8 Å². The number of likely N-dealkylation sites (N-methyl/N-ethyl adjacent to an activating group) is 2. The maximum Gasteiger partial charge on any atom is 0.328 e. The third kappa shape index (κ3) is 18.9. The minimum Gasteiger partial charge on any atom is -0.464 e. The summed E-state index contributed by atoms with van der Waals surface area (Å²) in [7, 11) is 8.46. The summed E-state index contributed by atoms with van der Waals surface area (Å²) in [6.45, 7) is 21.5. The fraction of sp³-hybridized carbons (Fsp3) is 0.750. The lowest BCUT2D eigenvalue weighted by Gasteiger charge is -2.41. The van der Waals surface area contributed by atoms with Gasteiger partial charge in [0.05, 0.1) is 49.3 Å². The number of amides is 6. The van der Waals surface area contributed by atoms with E-state index in [0.29, 0.717) is 32.2 Å². The third-order valence-electron chi connectivity index (χ3n) is 13.1. The standard InChI is InChI=1S/C52H89N7O10/c1-17-34(6)45(58(14)50(65)43(32(2)3)56-49(64)44(33(4)5)57(12)13)40(67-15)30-42(61)59-27-21-25-39(59)46(68-16)35(7)47(62)55-38(29-37-23-19-18-20-24-37)48(63)53-26-22-28-69-51(66)36(8)54-41(60)31-52(9,10)11/h18-20,23-24,32-36,38-40,43-46H,17,21-22,25-31H2,1-16H3,(H,53,63)(H,54,60)(H,55,62)(H,56,64)/t34-,35+,36-,38-,39-,40+,43-,44?,45?,46+/m0/s1. The molecule has 1 fully saturated rings. The predicted octanol–water partition coefficient (Wildman–Crippen LogP) is 4.35. The van der Waals surface area contributed by atoms with Gasteiger partial charge in [-0.05, 0) is 69.0 Å². The second kappa shape index (κ2) is 28.9. The molecule has 0 saturated carbocycles. The largest absolute Gasteiger partial charge is 0.464 e. The molecule has 1 heterocycles. The van der Waals surface area contributed by atoms with Gasteiger partial charge in [0.25, 0.3) is 0 Å². The van der Waals surface area contributed by atoms with Gasteiger partial charge in [0.1, 0.15) is 18.1 Å². The zero-order chi connectivity index (χ0) is 52.3. The summed E-state index contributed by atoms with van der Waals surface area (Å²) >= 11 is 0. The van der Waals surface area contributed by atoms with Crippen LogP contribution in [0.3, 0.4) is 0 Å². The summed E-state index contributed by atoms with van der Waals surface area (Å²) in [4.78, 5) is 100. The van der Waals surface area contributed by atoms with Crippen LogP contribution in [0.5, 0.6) is 0 Å². The lowest BCUT2D eigenvalue weighted by molar-refractivity contribution is -0.148. The molecule has 69 heavy (non-hydrogen) atoms. The van der Waals surface area contributed by atoms with Crippen molar-refractivity contribution in [1.82, 2.24) is 36.0 Å². The monoisotopic (exact) mass is 972 g/mol. The minimum atomic E-state index is -0.949. The van der Waals surface area contributed by atoms with E-state index in [-0.39, 0.29) is 79.2 Å². The molecule has 10 atom stereocenters. The quantitative estimate of drug-likeness (QED) is 0.0687. The number of esters is 1. The zero-order valence-electron chi connectivity index (χ0n) is 44.8. The molecular formula is C52H89N7O10. The lowest BCUT2D eigenvalue weighted by Crippen LogP contribution is -2.59. The predicted molar refractivity (Wildman–Crippen MR) is 268 cm³/mol. The molecule has 2 rings (SSSR count). The Labute approximate surface area is 413 Å². The molecule has 4 N–H and O–H groups in total. The van der Waals surface area contributed by atoms with Crippen molar-refractivity contribution in [3.8, 4) is 0 Å². The van der Waals surface area contributed by atoms with E-state index in [4.69, 9.17) is 14.2 Å². The number of nitrogens with zero attached hydrogens (tertiary/aromatic N) is 3. The maximum atomic E-state index is 14.4. The topological polar surface area (TPSA) is 205 Å². The first kappa shape index (κ1) is 60.5. The van der Waals surface area contributed by atoms with Gasteiger partial charge in [-0.2, -0.15) is 0 Å². The van der Waals surface area contributed by atoms with Crippen molar-refractivity contribution in [3.63, 3.8) is 0 Å². The molecule has 0 spiro atoms. The Morgan fingerprint density at radius 3 is 2.00 bits per heavy atom. The van der Waals surface area contributed by atoms with Crippen LogP contribution in [-0.4, -0.2) is 160 Å². The fourth-order valence-electron chi connectivity index (χ4n) is 9.31. The molecule has 0 aromatic heterocycles. The van der Waals surface area contributed by atoms with Gasteiger partial charge in [-0.15, -0.1) is 0 Å². The Bertz CT molecular complexity index is 1800.